The second kappa shape index (κ2) is 7.74. The van der Waals surface area contributed by atoms with E-state index in [1.165, 1.54) is 36.0 Å². The first-order valence-electron chi connectivity index (χ1n) is 6.48. The topological polar surface area (TPSA) is 51.2 Å². The minimum absolute atomic E-state index is 0.0453. The van der Waals surface area contributed by atoms with E-state index < -0.39 is 6.61 Å². The molecule has 2 rings (SSSR count). The second-order valence-electron chi connectivity index (χ2n) is 4.32. The fourth-order valence-corrected chi connectivity index (χ4v) is 2.42. The van der Waals surface area contributed by atoms with E-state index in [-0.39, 0.29) is 16.9 Å². The van der Waals surface area contributed by atoms with Gasteiger partial charge in [0, 0.05) is 11.9 Å². The number of nitrogens with zero attached hydrogens (tertiary/aromatic N) is 1. The number of nitrogens with one attached hydrogen (secondary N) is 1. The summed E-state index contributed by atoms with van der Waals surface area (Å²) in [7, 11) is 0. The van der Waals surface area contributed by atoms with Gasteiger partial charge in [-0.15, -0.1) is 0 Å². The van der Waals surface area contributed by atoms with Crippen LogP contribution < -0.4 is 10.1 Å². The number of hydrogen-bond acceptors (Lipinski definition) is 4. The number of thioether (sulfide) groups is 1. The third-order valence-corrected chi connectivity index (χ3v) is 3.70. The SMILES string of the molecule is C[C@@H](Sc1ccccn1)C(=O)Nc1ccc(OC(F)F)cc1. The molecule has 1 heterocycles. The van der Waals surface area contributed by atoms with Gasteiger partial charge in [0.15, 0.2) is 0 Å². The summed E-state index contributed by atoms with van der Waals surface area (Å²) in [5.74, 6) is -0.151. The zero-order valence-corrected chi connectivity index (χ0v) is 12.5. The molecule has 1 atom stereocenters. The lowest BCUT2D eigenvalue weighted by Gasteiger charge is -2.12. The molecule has 1 aromatic heterocycles. The van der Waals surface area contributed by atoms with Gasteiger partial charge in [-0.3, -0.25) is 4.79 Å². The first-order chi connectivity index (χ1) is 10.5. The van der Waals surface area contributed by atoms with Crippen LogP contribution in [0, 0.1) is 0 Å². The van der Waals surface area contributed by atoms with E-state index in [0.717, 1.165) is 5.03 Å². The molecule has 0 saturated heterocycles. The summed E-state index contributed by atoms with van der Waals surface area (Å²) in [5, 5.41) is 3.13. The van der Waals surface area contributed by atoms with Gasteiger partial charge in [0.2, 0.25) is 5.91 Å². The van der Waals surface area contributed by atoms with Crippen LogP contribution in [0.25, 0.3) is 0 Å². The van der Waals surface area contributed by atoms with Crippen LogP contribution in [-0.4, -0.2) is 22.8 Å². The molecule has 0 spiro atoms. The van der Waals surface area contributed by atoms with Gasteiger partial charge in [-0.25, -0.2) is 4.98 Å². The molecule has 116 valence electrons. The third kappa shape index (κ3) is 5.00. The normalized spacial score (nSPS) is 12.0. The van der Waals surface area contributed by atoms with Crippen molar-refractivity contribution in [2.45, 2.75) is 23.8 Å². The van der Waals surface area contributed by atoms with Gasteiger partial charge >= 0.3 is 6.61 Å². The Morgan fingerprint density at radius 3 is 2.55 bits per heavy atom. The highest BCUT2D eigenvalue weighted by Crippen LogP contribution is 2.23. The quantitative estimate of drug-likeness (QED) is 0.821. The fraction of sp³-hybridized carbons (Fsp3) is 0.200. The highest BCUT2D eigenvalue weighted by molar-refractivity contribution is 8.00. The summed E-state index contributed by atoms with van der Waals surface area (Å²) >= 11 is 1.34. The van der Waals surface area contributed by atoms with Crippen molar-refractivity contribution in [1.82, 2.24) is 4.98 Å². The number of benzene rings is 1. The van der Waals surface area contributed by atoms with E-state index in [9.17, 15) is 13.6 Å². The Labute approximate surface area is 130 Å². The molecule has 4 nitrogen and oxygen atoms in total. The van der Waals surface area contributed by atoms with Gasteiger partial charge in [-0.2, -0.15) is 8.78 Å². The smallest absolute Gasteiger partial charge is 0.387 e. The fourth-order valence-electron chi connectivity index (χ4n) is 1.62. The lowest BCUT2D eigenvalue weighted by atomic mass is 10.3. The number of carbonyl (C=O) groups excluding carboxylic acids is 1. The van der Waals surface area contributed by atoms with Crippen molar-refractivity contribution >= 4 is 23.4 Å². The predicted octanol–water partition coefficient (Wildman–Crippen LogP) is 3.80. The lowest BCUT2D eigenvalue weighted by molar-refractivity contribution is -0.115. The van der Waals surface area contributed by atoms with Crippen molar-refractivity contribution in [3.8, 4) is 5.75 Å². The van der Waals surface area contributed by atoms with Crippen LogP contribution in [-0.2, 0) is 4.79 Å². The van der Waals surface area contributed by atoms with Gasteiger partial charge in [-0.05, 0) is 43.3 Å². The molecular formula is C15H14F2N2O2S. The molecule has 0 saturated carbocycles. The molecule has 22 heavy (non-hydrogen) atoms. The Bertz CT molecular complexity index is 609. The van der Waals surface area contributed by atoms with Gasteiger partial charge in [0.05, 0.1) is 10.3 Å². The lowest BCUT2D eigenvalue weighted by Crippen LogP contribution is -2.22. The molecule has 1 amide bonds. The van der Waals surface area contributed by atoms with Crippen LogP contribution in [0.1, 0.15) is 6.92 Å². The van der Waals surface area contributed by atoms with Crippen LogP contribution in [0.15, 0.2) is 53.7 Å². The van der Waals surface area contributed by atoms with Gasteiger partial charge in [0.1, 0.15) is 5.75 Å². The number of carbonyl (C=O) groups is 1. The zero-order valence-electron chi connectivity index (χ0n) is 11.7. The molecule has 1 aromatic carbocycles. The molecule has 0 aliphatic carbocycles. The number of halogens is 2. The Hall–Kier alpha value is -2.15. The first-order valence-corrected chi connectivity index (χ1v) is 7.36. The van der Waals surface area contributed by atoms with Gasteiger partial charge in [-0.1, -0.05) is 17.8 Å². The van der Waals surface area contributed by atoms with Crippen molar-refractivity contribution in [2.75, 3.05) is 5.32 Å². The Morgan fingerprint density at radius 2 is 1.95 bits per heavy atom. The van der Waals surface area contributed by atoms with E-state index in [1.807, 2.05) is 12.1 Å². The Balaban J connectivity index is 1.90. The van der Waals surface area contributed by atoms with E-state index in [0.29, 0.717) is 5.69 Å². The van der Waals surface area contributed by atoms with E-state index in [1.54, 1.807) is 19.2 Å². The number of aromatic nitrogens is 1. The summed E-state index contributed by atoms with van der Waals surface area (Å²) < 4.78 is 28.3. The largest absolute Gasteiger partial charge is 0.435 e. The maximum absolute atomic E-state index is 12.1. The minimum atomic E-state index is -2.87. The van der Waals surface area contributed by atoms with Crippen LogP contribution in [0.5, 0.6) is 5.75 Å². The average Bonchev–Trinajstić information content (AvgIpc) is 2.49. The number of amides is 1. The number of alkyl halides is 2. The molecule has 0 unspecified atom stereocenters. The van der Waals surface area contributed by atoms with Crippen LogP contribution in [0.3, 0.4) is 0 Å². The molecule has 0 aliphatic heterocycles. The molecule has 0 fully saturated rings. The molecule has 0 aliphatic rings. The summed E-state index contributed by atoms with van der Waals surface area (Å²) in [5.41, 5.74) is 0.514. The molecule has 0 radical (unpaired) electrons. The van der Waals surface area contributed by atoms with Crippen molar-refractivity contribution in [1.29, 1.82) is 0 Å². The first kappa shape index (κ1) is 16.2. The third-order valence-electron chi connectivity index (χ3n) is 2.65. The highest BCUT2D eigenvalue weighted by Gasteiger charge is 2.15. The van der Waals surface area contributed by atoms with Crippen molar-refractivity contribution in [2.24, 2.45) is 0 Å². The van der Waals surface area contributed by atoms with E-state index in [2.05, 4.69) is 15.0 Å². The molecular weight excluding hydrogens is 310 g/mol. The number of anilines is 1. The molecule has 0 bridgehead atoms. The van der Waals surface area contributed by atoms with E-state index in [4.69, 9.17) is 0 Å². The maximum Gasteiger partial charge on any atom is 0.387 e. The summed E-state index contributed by atoms with van der Waals surface area (Å²) in [6.45, 7) is -1.10. The monoisotopic (exact) mass is 324 g/mol. The summed E-state index contributed by atoms with van der Waals surface area (Å²) in [6.07, 6.45) is 1.66. The number of ether oxygens (including phenoxy) is 1. The van der Waals surface area contributed by atoms with Crippen LogP contribution >= 0.6 is 11.8 Å². The van der Waals surface area contributed by atoms with Crippen LogP contribution in [0.4, 0.5) is 14.5 Å². The van der Waals surface area contributed by atoms with E-state index >= 15 is 0 Å². The number of hydrogen-bond donors (Lipinski definition) is 1. The Morgan fingerprint density at radius 1 is 1.23 bits per heavy atom. The minimum Gasteiger partial charge on any atom is -0.435 e. The summed E-state index contributed by atoms with van der Waals surface area (Å²) in [6, 6.07) is 11.2. The van der Waals surface area contributed by atoms with Gasteiger partial charge in [0.25, 0.3) is 0 Å². The van der Waals surface area contributed by atoms with Crippen molar-refractivity contribution in [3.63, 3.8) is 0 Å². The second-order valence-corrected chi connectivity index (χ2v) is 5.68. The van der Waals surface area contributed by atoms with Crippen molar-refractivity contribution in [3.05, 3.63) is 48.7 Å². The van der Waals surface area contributed by atoms with Crippen molar-refractivity contribution < 1.29 is 18.3 Å². The van der Waals surface area contributed by atoms with Gasteiger partial charge < -0.3 is 10.1 Å². The number of rotatable bonds is 6. The summed E-state index contributed by atoms with van der Waals surface area (Å²) in [4.78, 5) is 16.2. The molecule has 7 heteroatoms. The average molecular weight is 324 g/mol. The predicted molar refractivity (Wildman–Crippen MR) is 81.3 cm³/mol. The zero-order chi connectivity index (χ0) is 15.9. The maximum atomic E-state index is 12.1. The Kier molecular flexibility index (Phi) is 5.71. The molecule has 2 aromatic rings. The molecule has 1 N–H and O–H groups in total. The highest BCUT2D eigenvalue weighted by atomic mass is 32.2. The number of pyridine rings is 1. The standard InChI is InChI=1S/C15H14F2N2O2S/c1-10(22-13-4-2-3-9-18-13)14(20)19-11-5-7-12(8-6-11)21-15(16)17/h2-10,15H,1H3,(H,19,20)/t10-/m1/s1. The van der Waals surface area contributed by atoms with Crippen LogP contribution in [0.2, 0.25) is 0 Å².